The predicted molar refractivity (Wildman–Crippen MR) is 109 cm³/mol. The molecule has 0 bridgehead atoms. The number of guanidine groups is 1. The highest BCUT2D eigenvalue weighted by atomic mass is 16.5. The fourth-order valence-corrected chi connectivity index (χ4v) is 2.69. The van der Waals surface area contributed by atoms with E-state index in [4.69, 9.17) is 4.74 Å². The molecule has 2 rings (SSSR count). The summed E-state index contributed by atoms with van der Waals surface area (Å²) < 4.78 is 7.21. The molecule has 2 heterocycles. The van der Waals surface area contributed by atoms with Gasteiger partial charge in [0.1, 0.15) is 0 Å². The Kier molecular flexibility index (Phi) is 8.77. The number of aryl methyl sites for hydroxylation is 2. The fraction of sp³-hybridized carbons (Fsp3) is 0.550. The Morgan fingerprint density at radius 3 is 2.67 bits per heavy atom. The number of hydrogen-bond acceptors (Lipinski definition) is 4. The smallest absolute Gasteiger partial charge is 0.191 e. The molecule has 0 amide bonds. The first-order chi connectivity index (χ1) is 13.1. The molecule has 0 unspecified atom stereocenters. The molecular formula is C20H32N6O. The van der Waals surface area contributed by atoms with Crippen molar-refractivity contribution in [2.75, 3.05) is 26.3 Å². The molecule has 0 aliphatic rings. The van der Waals surface area contributed by atoms with E-state index in [0.717, 1.165) is 67.9 Å². The van der Waals surface area contributed by atoms with Gasteiger partial charge in [0, 0.05) is 38.2 Å². The van der Waals surface area contributed by atoms with E-state index in [1.807, 2.05) is 49.8 Å². The maximum Gasteiger partial charge on any atom is 0.191 e. The van der Waals surface area contributed by atoms with Crippen LogP contribution in [0.15, 0.2) is 29.4 Å². The van der Waals surface area contributed by atoms with E-state index in [1.54, 1.807) is 0 Å². The average molecular weight is 373 g/mol. The highest BCUT2D eigenvalue weighted by Crippen LogP contribution is 2.10. The molecule has 148 valence electrons. The number of hydrogen-bond donors (Lipinski definition) is 2. The van der Waals surface area contributed by atoms with Crippen molar-refractivity contribution in [3.63, 3.8) is 0 Å². The molecular weight excluding hydrogens is 340 g/mol. The largest absolute Gasteiger partial charge is 0.382 e. The van der Waals surface area contributed by atoms with Gasteiger partial charge in [0.05, 0.1) is 12.2 Å². The van der Waals surface area contributed by atoms with Crippen LogP contribution in [-0.4, -0.2) is 47.0 Å². The van der Waals surface area contributed by atoms with Gasteiger partial charge in [0.15, 0.2) is 11.8 Å². The van der Waals surface area contributed by atoms with Crippen molar-refractivity contribution >= 4 is 5.96 Å². The number of nitrogens with zero attached hydrogens (tertiary/aromatic N) is 4. The van der Waals surface area contributed by atoms with Gasteiger partial charge >= 0.3 is 0 Å². The fourth-order valence-electron chi connectivity index (χ4n) is 2.69. The quantitative estimate of drug-likeness (QED) is 0.381. The van der Waals surface area contributed by atoms with E-state index in [0.29, 0.717) is 6.54 Å². The number of pyridine rings is 1. The molecule has 2 aromatic heterocycles. The zero-order chi connectivity index (χ0) is 19.5. The second-order valence-corrected chi connectivity index (χ2v) is 6.39. The molecule has 0 spiro atoms. The zero-order valence-corrected chi connectivity index (χ0v) is 17.0. The predicted octanol–water partition coefficient (Wildman–Crippen LogP) is 2.76. The van der Waals surface area contributed by atoms with E-state index in [9.17, 15) is 0 Å². The Labute approximate surface area is 162 Å². The summed E-state index contributed by atoms with van der Waals surface area (Å²) in [6.45, 7) is 12.0. The van der Waals surface area contributed by atoms with Crippen LogP contribution in [0.1, 0.15) is 43.6 Å². The van der Waals surface area contributed by atoms with Gasteiger partial charge in [-0.2, -0.15) is 5.10 Å². The molecule has 7 heteroatoms. The normalized spacial score (nSPS) is 11.6. The van der Waals surface area contributed by atoms with Gasteiger partial charge in [-0.15, -0.1) is 0 Å². The van der Waals surface area contributed by atoms with Crippen LogP contribution in [0.4, 0.5) is 0 Å². The molecule has 0 atom stereocenters. The van der Waals surface area contributed by atoms with Gasteiger partial charge in [-0.05, 0) is 58.2 Å². The van der Waals surface area contributed by atoms with Crippen LogP contribution in [0.25, 0.3) is 5.82 Å². The number of rotatable bonds is 10. The summed E-state index contributed by atoms with van der Waals surface area (Å²) in [7, 11) is 0. The van der Waals surface area contributed by atoms with Gasteiger partial charge in [-0.25, -0.2) is 14.7 Å². The topological polar surface area (TPSA) is 76.4 Å². The van der Waals surface area contributed by atoms with E-state index in [-0.39, 0.29) is 0 Å². The molecule has 27 heavy (non-hydrogen) atoms. The minimum atomic E-state index is 0.582. The van der Waals surface area contributed by atoms with Gasteiger partial charge in [0.2, 0.25) is 0 Å². The number of aliphatic imine (C=N–C) groups is 1. The van der Waals surface area contributed by atoms with Crippen molar-refractivity contribution in [2.45, 2.75) is 47.1 Å². The van der Waals surface area contributed by atoms with Crippen LogP contribution in [0.3, 0.4) is 0 Å². The molecule has 7 nitrogen and oxygen atoms in total. The lowest BCUT2D eigenvalue weighted by Crippen LogP contribution is -2.37. The monoisotopic (exact) mass is 372 g/mol. The van der Waals surface area contributed by atoms with Crippen molar-refractivity contribution < 1.29 is 4.74 Å². The van der Waals surface area contributed by atoms with Crippen LogP contribution in [0.2, 0.25) is 0 Å². The maximum absolute atomic E-state index is 5.36. The Morgan fingerprint density at radius 2 is 2.04 bits per heavy atom. The summed E-state index contributed by atoms with van der Waals surface area (Å²) in [5.41, 5.74) is 3.13. The summed E-state index contributed by atoms with van der Waals surface area (Å²) in [6, 6.07) is 6.08. The van der Waals surface area contributed by atoms with E-state index >= 15 is 0 Å². The molecule has 0 saturated carbocycles. The second kappa shape index (κ2) is 11.3. The Hall–Kier alpha value is -2.41. The standard InChI is InChI=1S/C20H32N6O/c1-5-21-20(22-11-7-8-12-27-6-2)24-15-18-9-10-19(23-14-18)26-17(4)13-16(3)25-26/h9-10,13-14H,5-8,11-12,15H2,1-4H3,(H2,21,22,24). The first-order valence-electron chi connectivity index (χ1n) is 9.72. The maximum atomic E-state index is 5.36. The van der Waals surface area contributed by atoms with Gasteiger partial charge < -0.3 is 15.4 Å². The molecule has 0 aliphatic heterocycles. The van der Waals surface area contributed by atoms with E-state index < -0.39 is 0 Å². The number of nitrogens with one attached hydrogen (secondary N) is 2. The first kappa shape index (κ1) is 20.9. The van der Waals surface area contributed by atoms with Gasteiger partial charge in [0.25, 0.3) is 0 Å². The first-order valence-corrected chi connectivity index (χ1v) is 9.72. The van der Waals surface area contributed by atoms with E-state index in [2.05, 4.69) is 32.6 Å². The van der Waals surface area contributed by atoms with Crippen LogP contribution in [-0.2, 0) is 11.3 Å². The highest BCUT2D eigenvalue weighted by Gasteiger charge is 2.05. The van der Waals surface area contributed by atoms with Crippen molar-refractivity contribution in [2.24, 2.45) is 4.99 Å². The van der Waals surface area contributed by atoms with Crippen LogP contribution < -0.4 is 10.6 Å². The van der Waals surface area contributed by atoms with Crippen molar-refractivity contribution in [3.8, 4) is 5.82 Å². The summed E-state index contributed by atoms with van der Waals surface area (Å²) in [4.78, 5) is 9.17. The number of ether oxygens (including phenoxy) is 1. The third kappa shape index (κ3) is 7.02. The third-order valence-corrected chi connectivity index (χ3v) is 4.01. The number of unbranched alkanes of at least 4 members (excludes halogenated alkanes) is 1. The highest BCUT2D eigenvalue weighted by molar-refractivity contribution is 5.79. The van der Waals surface area contributed by atoms with Crippen LogP contribution in [0.5, 0.6) is 0 Å². The van der Waals surface area contributed by atoms with Crippen LogP contribution in [0, 0.1) is 13.8 Å². The minimum Gasteiger partial charge on any atom is -0.382 e. The molecule has 0 fully saturated rings. The van der Waals surface area contributed by atoms with Crippen molar-refractivity contribution in [1.82, 2.24) is 25.4 Å². The van der Waals surface area contributed by atoms with Crippen LogP contribution >= 0.6 is 0 Å². The summed E-state index contributed by atoms with van der Waals surface area (Å²) in [6.07, 6.45) is 3.97. The zero-order valence-electron chi connectivity index (χ0n) is 17.0. The minimum absolute atomic E-state index is 0.582. The lowest BCUT2D eigenvalue weighted by molar-refractivity contribution is 0.143. The van der Waals surface area contributed by atoms with Gasteiger partial charge in [-0.3, -0.25) is 0 Å². The average Bonchev–Trinajstić information content (AvgIpc) is 3.01. The van der Waals surface area contributed by atoms with Crippen molar-refractivity contribution in [3.05, 3.63) is 41.3 Å². The molecule has 0 aromatic carbocycles. The SMILES string of the molecule is CCNC(=NCc1ccc(-n2nc(C)cc2C)nc1)NCCCCOCC. The Balaban J connectivity index is 1.88. The summed E-state index contributed by atoms with van der Waals surface area (Å²) >= 11 is 0. The molecule has 0 radical (unpaired) electrons. The summed E-state index contributed by atoms with van der Waals surface area (Å²) in [5.74, 6) is 1.66. The molecule has 2 N–H and O–H groups in total. The summed E-state index contributed by atoms with van der Waals surface area (Å²) in [5, 5.41) is 11.1. The lowest BCUT2D eigenvalue weighted by atomic mass is 10.3. The Bertz CT molecular complexity index is 708. The third-order valence-electron chi connectivity index (χ3n) is 4.01. The lowest BCUT2D eigenvalue weighted by Gasteiger charge is -2.11. The molecule has 0 aliphatic carbocycles. The molecule has 0 saturated heterocycles. The Morgan fingerprint density at radius 1 is 1.19 bits per heavy atom. The van der Waals surface area contributed by atoms with E-state index in [1.165, 1.54) is 0 Å². The molecule has 2 aromatic rings. The second-order valence-electron chi connectivity index (χ2n) is 6.39. The number of aromatic nitrogens is 3. The van der Waals surface area contributed by atoms with Gasteiger partial charge in [-0.1, -0.05) is 6.07 Å². The van der Waals surface area contributed by atoms with Crippen molar-refractivity contribution in [1.29, 1.82) is 0 Å².